The van der Waals surface area contributed by atoms with Crippen LogP contribution in [0.5, 0.6) is 0 Å². The van der Waals surface area contributed by atoms with E-state index in [1.54, 1.807) is 30.6 Å². The molecule has 0 aliphatic carbocycles. The van der Waals surface area contributed by atoms with Crippen molar-refractivity contribution < 1.29 is 0 Å². The standard InChI is InChI=1S/C11H8N4O/c12-5-9-8(4-10(13)15-11(9)16)7-2-1-3-14-6-7/h1-4,6H,(H3,13,15,16). The van der Waals surface area contributed by atoms with Crippen LogP contribution < -0.4 is 11.3 Å². The van der Waals surface area contributed by atoms with E-state index in [1.807, 2.05) is 6.07 Å². The summed E-state index contributed by atoms with van der Waals surface area (Å²) in [7, 11) is 0. The number of aromatic amines is 1. The fourth-order valence-electron chi connectivity index (χ4n) is 1.44. The topological polar surface area (TPSA) is 95.6 Å². The van der Waals surface area contributed by atoms with Gasteiger partial charge in [0.1, 0.15) is 17.5 Å². The molecule has 2 rings (SSSR count). The molecule has 16 heavy (non-hydrogen) atoms. The van der Waals surface area contributed by atoms with Crippen molar-refractivity contribution in [3.05, 3.63) is 46.5 Å². The fourth-order valence-corrected chi connectivity index (χ4v) is 1.44. The van der Waals surface area contributed by atoms with Gasteiger partial charge in [0.2, 0.25) is 0 Å². The summed E-state index contributed by atoms with van der Waals surface area (Å²) in [6.45, 7) is 0. The lowest BCUT2D eigenvalue weighted by molar-refractivity contribution is 1.22. The largest absolute Gasteiger partial charge is 0.385 e. The highest BCUT2D eigenvalue weighted by Gasteiger charge is 2.09. The van der Waals surface area contributed by atoms with Crippen LogP contribution in [0.2, 0.25) is 0 Å². The van der Waals surface area contributed by atoms with E-state index in [9.17, 15) is 4.79 Å². The lowest BCUT2D eigenvalue weighted by Crippen LogP contribution is -2.13. The summed E-state index contributed by atoms with van der Waals surface area (Å²) >= 11 is 0. The molecule has 0 unspecified atom stereocenters. The third-order valence-corrected chi connectivity index (χ3v) is 2.14. The van der Waals surface area contributed by atoms with Crippen LogP contribution in [0.1, 0.15) is 5.56 Å². The van der Waals surface area contributed by atoms with Crippen molar-refractivity contribution in [2.24, 2.45) is 0 Å². The van der Waals surface area contributed by atoms with Gasteiger partial charge in [-0.25, -0.2) is 0 Å². The number of hydrogen-bond acceptors (Lipinski definition) is 4. The van der Waals surface area contributed by atoms with Crippen LogP contribution in [0.4, 0.5) is 5.82 Å². The SMILES string of the molecule is N#Cc1c(-c2cccnc2)cc(N)[nH]c1=O. The van der Waals surface area contributed by atoms with Crippen LogP contribution in [0, 0.1) is 11.3 Å². The van der Waals surface area contributed by atoms with E-state index in [4.69, 9.17) is 11.0 Å². The Morgan fingerprint density at radius 2 is 2.31 bits per heavy atom. The summed E-state index contributed by atoms with van der Waals surface area (Å²) in [5, 5.41) is 8.92. The number of rotatable bonds is 1. The van der Waals surface area contributed by atoms with E-state index < -0.39 is 5.56 Å². The number of nitrogens with zero attached hydrogens (tertiary/aromatic N) is 2. The van der Waals surface area contributed by atoms with Crippen LogP contribution in [0.15, 0.2) is 35.4 Å². The molecule has 0 aliphatic heterocycles. The first-order chi connectivity index (χ1) is 7.72. The number of nitrogens with two attached hydrogens (primary N) is 1. The number of pyridine rings is 2. The second kappa shape index (κ2) is 3.87. The van der Waals surface area contributed by atoms with E-state index in [-0.39, 0.29) is 11.4 Å². The number of nitrogen functional groups attached to an aromatic ring is 1. The first-order valence-electron chi connectivity index (χ1n) is 4.55. The molecule has 0 amide bonds. The Morgan fingerprint density at radius 3 is 2.94 bits per heavy atom. The number of nitrogens with one attached hydrogen (secondary N) is 1. The van der Waals surface area contributed by atoms with Gasteiger partial charge in [0, 0.05) is 23.5 Å². The molecule has 5 heteroatoms. The highest BCUT2D eigenvalue weighted by atomic mass is 16.1. The summed E-state index contributed by atoms with van der Waals surface area (Å²) in [6, 6.07) is 6.91. The maximum atomic E-state index is 11.5. The minimum absolute atomic E-state index is 0.0437. The van der Waals surface area contributed by atoms with Crippen molar-refractivity contribution in [1.29, 1.82) is 5.26 Å². The van der Waals surface area contributed by atoms with E-state index in [1.165, 1.54) is 0 Å². The normalized spacial score (nSPS) is 9.69. The van der Waals surface area contributed by atoms with E-state index in [2.05, 4.69) is 9.97 Å². The Balaban J connectivity index is 2.75. The van der Waals surface area contributed by atoms with Gasteiger partial charge in [-0.15, -0.1) is 0 Å². The van der Waals surface area contributed by atoms with Crippen molar-refractivity contribution in [2.75, 3.05) is 5.73 Å². The van der Waals surface area contributed by atoms with Gasteiger partial charge in [-0.3, -0.25) is 9.78 Å². The summed E-state index contributed by atoms with van der Waals surface area (Å²) in [5.41, 5.74) is 6.28. The highest BCUT2D eigenvalue weighted by molar-refractivity contribution is 5.71. The van der Waals surface area contributed by atoms with Crippen LogP contribution in [-0.4, -0.2) is 9.97 Å². The molecule has 0 aromatic carbocycles. The van der Waals surface area contributed by atoms with Gasteiger partial charge in [0.25, 0.3) is 5.56 Å². The third-order valence-electron chi connectivity index (χ3n) is 2.14. The molecule has 0 saturated carbocycles. The zero-order chi connectivity index (χ0) is 11.5. The third kappa shape index (κ3) is 1.64. The zero-order valence-electron chi connectivity index (χ0n) is 8.27. The Hall–Kier alpha value is -2.61. The van der Waals surface area contributed by atoms with Gasteiger partial charge in [-0.05, 0) is 12.1 Å². The maximum absolute atomic E-state index is 11.5. The molecule has 3 N–H and O–H groups in total. The highest BCUT2D eigenvalue weighted by Crippen LogP contribution is 2.20. The van der Waals surface area contributed by atoms with Crippen molar-refractivity contribution in [3.63, 3.8) is 0 Å². The van der Waals surface area contributed by atoms with Gasteiger partial charge in [0.05, 0.1) is 0 Å². The average molecular weight is 212 g/mol. The number of hydrogen-bond donors (Lipinski definition) is 2. The van der Waals surface area contributed by atoms with Crippen molar-refractivity contribution in [2.45, 2.75) is 0 Å². The van der Waals surface area contributed by atoms with E-state index in [0.717, 1.165) is 0 Å². The van der Waals surface area contributed by atoms with E-state index in [0.29, 0.717) is 11.1 Å². The Labute approximate surface area is 91.2 Å². The van der Waals surface area contributed by atoms with Crippen molar-refractivity contribution in [1.82, 2.24) is 9.97 Å². The Kier molecular flexibility index (Phi) is 2.40. The number of nitriles is 1. The Morgan fingerprint density at radius 1 is 1.50 bits per heavy atom. The summed E-state index contributed by atoms with van der Waals surface area (Å²) in [4.78, 5) is 17.8. The van der Waals surface area contributed by atoms with Gasteiger partial charge >= 0.3 is 0 Å². The van der Waals surface area contributed by atoms with Crippen LogP contribution in [0.25, 0.3) is 11.1 Å². The number of anilines is 1. The monoisotopic (exact) mass is 212 g/mol. The van der Waals surface area contributed by atoms with Gasteiger partial charge < -0.3 is 10.7 Å². The van der Waals surface area contributed by atoms with Crippen LogP contribution >= 0.6 is 0 Å². The number of aromatic nitrogens is 2. The minimum atomic E-state index is -0.485. The lowest BCUT2D eigenvalue weighted by Gasteiger charge is -2.03. The molecule has 0 bridgehead atoms. The second-order valence-electron chi connectivity index (χ2n) is 3.20. The molecule has 2 aromatic heterocycles. The fraction of sp³-hybridized carbons (Fsp3) is 0. The van der Waals surface area contributed by atoms with Gasteiger partial charge in [-0.2, -0.15) is 5.26 Å². The molecular formula is C11H8N4O. The molecule has 78 valence electrons. The van der Waals surface area contributed by atoms with Gasteiger partial charge in [-0.1, -0.05) is 6.07 Å². The smallest absolute Gasteiger partial charge is 0.268 e. The zero-order valence-corrected chi connectivity index (χ0v) is 8.27. The second-order valence-corrected chi connectivity index (χ2v) is 3.20. The molecule has 0 saturated heterocycles. The predicted octanol–water partition coefficient (Wildman–Crippen LogP) is 0.891. The molecule has 2 aromatic rings. The van der Waals surface area contributed by atoms with Crippen LogP contribution in [-0.2, 0) is 0 Å². The number of H-pyrrole nitrogens is 1. The average Bonchev–Trinajstić information content (AvgIpc) is 2.29. The molecule has 0 fully saturated rings. The first-order valence-corrected chi connectivity index (χ1v) is 4.55. The molecule has 0 radical (unpaired) electrons. The lowest BCUT2D eigenvalue weighted by atomic mass is 10.0. The summed E-state index contributed by atoms with van der Waals surface area (Å²) in [5.74, 6) is 0.225. The first kappa shape index (κ1) is 9.93. The molecular weight excluding hydrogens is 204 g/mol. The summed E-state index contributed by atoms with van der Waals surface area (Å²) < 4.78 is 0. The Bertz CT molecular complexity index is 610. The van der Waals surface area contributed by atoms with Gasteiger partial charge in [0.15, 0.2) is 0 Å². The predicted molar refractivity (Wildman–Crippen MR) is 59.4 cm³/mol. The molecule has 0 spiro atoms. The van der Waals surface area contributed by atoms with Crippen LogP contribution in [0.3, 0.4) is 0 Å². The summed E-state index contributed by atoms with van der Waals surface area (Å²) in [6.07, 6.45) is 3.20. The molecule has 0 aliphatic rings. The maximum Gasteiger partial charge on any atom is 0.268 e. The van der Waals surface area contributed by atoms with Crippen molar-refractivity contribution in [3.8, 4) is 17.2 Å². The quantitative estimate of drug-likeness (QED) is 0.733. The molecule has 5 nitrogen and oxygen atoms in total. The molecule has 0 atom stereocenters. The molecule has 2 heterocycles. The van der Waals surface area contributed by atoms with Crippen molar-refractivity contribution >= 4 is 5.82 Å². The van der Waals surface area contributed by atoms with E-state index >= 15 is 0 Å². The minimum Gasteiger partial charge on any atom is -0.385 e.